The Balaban J connectivity index is 1.81. The maximum absolute atomic E-state index is 2.95. The molecule has 0 heterocycles. The van der Waals surface area contributed by atoms with E-state index in [4.69, 9.17) is 0 Å². The molecule has 0 radical (unpaired) electrons. The molecule has 143 valence electrons. The van der Waals surface area contributed by atoms with E-state index in [0.29, 0.717) is 0 Å². The first-order valence-corrected chi connectivity index (χ1v) is 13.1. The van der Waals surface area contributed by atoms with E-state index >= 15 is 0 Å². The molecule has 4 aromatic rings. The zero-order valence-corrected chi connectivity index (χ0v) is 19.4. The summed E-state index contributed by atoms with van der Waals surface area (Å²) in [5.41, 5.74) is 0. The van der Waals surface area contributed by atoms with Gasteiger partial charge in [-0.3, -0.25) is 0 Å². The predicted octanol–water partition coefficient (Wildman–Crippen LogP) is 5.60. The quantitative estimate of drug-likeness (QED) is 0.241. The van der Waals surface area contributed by atoms with E-state index in [-0.39, 0.29) is 0 Å². The Kier molecular flexibility index (Phi) is 7.19. The topological polar surface area (TPSA) is 0 Å². The Hall–Kier alpha value is -1.90. The molecule has 4 rings (SSSR count). The molecule has 0 atom stereocenters. The van der Waals surface area contributed by atoms with Gasteiger partial charge in [0.2, 0.25) is 0 Å². The van der Waals surface area contributed by atoms with Crippen molar-refractivity contribution in [3.63, 3.8) is 0 Å². The first-order chi connectivity index (χ1) is 14.3. The van der Waals surface area contributed by atoms with Crippen LogP contribution in [-0.2, 0) is 18.3 Å². The molecule has 0 aromatic heterocycles. The molecule has 4 aromatic carbocycles. The molecule has 0 amide bonds. The normalized spacial score (nSPS) is 11.8. The van der Waals surface area contributed by atoms with Crippen LogP contribution in [0.4, 0.5) is 0 Å². The van der Waals surface area contributed by atoms with Crippen molar-refractivity contribution in [1.29, 1.82) is 0 Å². The van der Waals surface area contributed by atoms with Crippen molar-refractivity contribution in [1.82, 2.24) is 0 Å². The third-order valence-electron chi connectivity index (χ3n) is 4.54. The van der Waals surface area contributed by atoms with Gasteiger partial charge in [-0.1, -0.05) is 0 Å². The van der Waals surface area contributed by atoms with Gasteiger partial charge in [-0.15, -0.1) is 0 Å². The molecule has 0 unspecified atom stereocenters. The van der Waals surface area contributed by atoms with Gasteiger partial charge in [-0.25, -0.2) is 0 Å². The average molecular weight is 496 g/mol. The fourth-order valence-corrected chi connectivity index (χ4v) is 9.52. The van der Waals surface area contributed by atoms with E-state index in [1.807, 2.05) is 0 Å². The van der Waals surface area contributed by atoms with E-state index in [1.54, 1.807) is 0 Å². The van der Waals surface area contributed by atoms with Gasteiger partial charge >= 0.3 is 186 Å². The summed E-state index contributed by atoms with van der Waals surface area (Å²) >= 11 is 2.95. The van der Waals surface area contributed by atoms with E-state index in [9.17, 15) is 0 Å². The summed E-state index contributed by atoms with van der Waals surface area (Å²) in [5.74, 6) is 2.50. The predicted molar refractivity (Wildman–Crippen MR) is 126 cm³/mol. The molecule has 0 aliphatic rings. The van der Waals surface area contributed by atoms with Crippen LogP contribution in [0.25, 0.3) is 0 Å². The van der Waals surface area contributed by atoms with Crippen molar-refractivity contribution in [3.05, 3.63) is 131 Å². The second-order valence-corrected chi connectivity index (χ2v) is 12.3. The minimum atomic E-state index is -0.579. The van der Waals surface area contributed by atoms with E-state index in [1.165, 1.54) is 25.1 Å². The van der Waals surface area contributed by atoms with Crippen LogP contribution < -0.4 is 21.2 Å². The fraction of sp³-hybridized carbons (Fsp3) is 0. The molecule has 0 aliphatic heterocycles. The van der Waals surface area contributed by atoms with Crippen LogP contribution in [0, 0.1) is 0 Å². The molecule has 0 aliphatic carbocycles. The van der Waals surface area contributed by atoms with Crippen LogP contribution in [0.5, 0.6) is 0 Å². The summed E-state index contributed by atoms with van der Waals surface area (Å²) in [4.78, 5) is 0. The molecular weight excluding hydrogens is 475 g/mol. The van der Waals surface area contributed by atoms with Crippen LogP contribution >= 0.6 is 15.8 Å². The van der Waals surface area contributed by atoms with Gasteiger partial charge in [0.1, 0.15) is 0 Å². The molecule has 29 heavy (non-hydrogen) atoms. The maximum atomic E-state index is 2.95. The van der Waals surface area contributed by atoms with Crippen LogP contribution in [0.15, 0.2) is 131 Å². The van der Waals surface area contributed by atoms with Crippen molar-refractivity contribution in [2.45, 2.75) is 0 Å². The number of hydrogen-bond acceptors (Lipinski definition) is 0. The molecule has 0 nitrogen and oxygen atoms in total. The summed E-state index contributed by atoms with van der Waals surface area (Å²) in [7, 11) is -1.15. The molecule has 0 saturated heterocycles. The molecule has 0 saturated carbocycles. The minimum absolute atomic E-state index is 0.567. The molecular formula is C26H21P2Ru. The summed E-state index contributed by atoms with van der Waals surface area (Å²) in [6.07, 6.45) is 0. The van der Waals surface area contributed by atoms with Crippen LogP contribution in [-0.4, -0.2) is 0 Å². The average Bonchev–Trinajstić information content (AvgIpc) is 2.80. The van der Waals surface area contributed by atoms with E-state index < -0.39 is 15.8 Å². The Morgan fingerprint density at radius 1 is 0.483 bits per heavy atom. The Labute approximate surface area is 185 Å². The first kappa shape index (κ1) is 20.4. The van der Waals surface area contributed by atoms with E-state index in [0.717, 1.165) is 0 Å². The van der Waals surface area contributed by atoms with Gasteiger partial charge in [-0.05, 0) is 0 Å². The van der Waals surface area contributed by atoms with Crippen LogP contribution in [0.3, 0.4) is 0 Å². The van der Waals surface area contributed by atoms with Gasteiger partial charge < -0.3 is 0 Å². The molecule has 3 heteroatoms. The van der Waals surface area contributed by atoms with Crippen molar-refractivity contribution >= 4 is 37.1 Å². The Morgan fingerprint density at radius 2 is 0.793 bits per heavy atom. The molecule has 0 bridgehead atoms. The van der Waals surface area contributed by atoms with Gasteiger partial charge in [0, 0.05) is 0 Å². The monoisotopic (exact) mass is 497 g/mol. The number of hydrogen-bond donors (Lipinski definition) is 0. The summed E-state index contributed by atoms with van der Waals surface area (Å²) < 4.78 is 1.38. The van der Waals surface area contributed by atoms with Crippen molar-refractivity contribution in [3.8, 4) is 0 Å². The second-order valence-electron chi connectivity index (χ2n) is 6.49. The summed E-state index contributed by atoms with van der Waals surface area (Å²) in [6.45, 7) is 0. The number of benzene rings is 4. The van der Waals surface area contributed by atoms with Gasteiger partial charge in [0.05, 0.1) is 0 Å². The fourth-order valence-electron chi connectivity index (χ4n) is 3.18. The number of rotatable bonds is 6. The van der Waals surface area contributed by atoms with Crippen molar-refractivity contribution < 1.29 is 18.3 Å². The zero-order chi connectivity index (χ0) is 19.9. The SMILES string of the molecule is [Ru][C](=CP(c1ccccc1)c1ccccc1)P(c1ccccc1)c1ccccc1. The van der Waals surface area contributed by atoms with Gasteiger partial charge in [0.25, 0.3) is 0 Å². The second kappa shape index (κ2) is 10.2. The van der Waals surface area contributed by atoms with E-state index in [2.05, 4.69) is 145 Å². The standard InChI is InChI=1S/C26H21P2.Ru/c1-5-13-23(14-6-1)27(24-15-7-2-8-16-24)21-22-28(25-17-9-3-10-18-25)26-19-11-4-12-20-26;/h1-21H;. The first-order valence-electron chi connectivity index (χ1n) is 9.48. The molecule has 0 spiro atoms. The Morgan fingerprint density at radius 3 is 1.14 bits per heavy atom. The molecule has 0 N–H and O–H groups in total. The summed E-state index contributed by atoms with van der Waals surface area (Å²) in [5, 5.41) is 5.53. The third kappa shape index (κ3) is 5.18. The van der Waals surface area contributed by atoms with Gasteiger partial charge in [-0.2, -0.15) is 0 Å². The van der Waals surface area contributed by atoms with Crippen molar-refractivity contribution in [2.75, 3.05) is 0 Å². The Bertz CT molecular complexity index is 970. The third-order valence-corrected chi connectivity index (χ3v) is 10.9. The van der Waals surface area contributed by atoms with Crippen LogP contribution in [0.2, 0.25) is 0 Å². The van der Waals surface area contributed by atoms with Gasteiger partial charge in [0.15, 0.2) is 0 Å². The summed E-state index contributed by atoms with van der Waals surface area (Å²) in [6, 6.07) is 43.5. The van der Waals surface area contributed by atoms with Crippen LogP contribution in [0.1, 0.15) is 0 Å². The molecule has 0 fully saturated rings. The van der Waals surface area contributed by atoms with Crippen molar-refractivity contribution in [2.24, 2.45) is 0 Å². The zero-order valence-electron chi connectivity index (χ0n) is 15.9.